The van der Waals surface area contributed by atoms with E-state index < -0.39 is 33.1 Å². The van der Waals surface area contributed by atoms with Gasteiger partial charge in [-0.2, -0.15) is 0 Å². The Balaban J connectivity index is 1.94. The molecule has 0 bridgehead atoms. The van der Waals surface area contributed by atoms with Gasteiger partial charge in [0.1, 0.15) is 0 Å². The molecule has 2 atom stereocenters. The second kappa shape index (κ2) is 7.20. The van der Waals surface area contributed by atoms with Gasteiger partial charge in [0.15, 0.2) is 10.8 Å². The summed E-state index contributed by atoms with van der Waals surface area (Å²) in [6, 6.07) is -2.13. The number of nitrogens with one attached hydrogen (secondary N) is 2. The monoisotopic (exact) mass is 324 g/mol. The maximum absolute atomic E-state index is 12.0. The van der Waals surface area contributed by atoms with Crippen LogP contribution in [-0.2, 0) is 33.2 Å². The molecule has 9 nitrogen and oxygen atoms in total. The Hall–Kier alpha value is -2.17. The van der Waals surface area contributed by atoms with Gasteiger partial charge in [-0.3, -0.25) is 9.59 Å². The molecule has 2 aromatic rings. The summed E-state index contributed by atoms with van der Waals surface area (Å²) in [5, 5.41) is -1.70. The van der Waals surface area contributed by atoms with Crippen LogP contribution in [0.1, 0.15) is 11.4 Å². The number of rotatable bonds is 6. The van der Waals surface area contributed by atoms with Gasteiger partial charge in [0.25, 0.3) is 0 Å². The molecular weight excluding hydrogens is 308 g/mol. The van der Waals surface area contributed by atoms with Crippen LogP contribution >= 0.6 is 0 Å². The van der Waals surface area contributed by atoms with Crippen LogP contribution < -0.4 is 11.5 Å². The Bertz CT molecular complexity index is 598. The van der Waals surface area contributed by atoms with Crippen molar-refractivity contribution in [3.8, 4) is 0 Å². The summed E-state index contributed by atoms with van der Waals surface area (Å²) in [6.45, 7) is 0. The molecule has 0 fully saturated rings. The van der Waals surface area contributed by atoms with Crippen LogP contribution in [0.2, 0.25) is 0 Å². The van der Waals surface area contributed by atoms with Crippen molar-refractivity contribution in [1.29, 1.82) is 0 Å². The molecule has 10 heteroatoms. The van der Waals surface area contributed by atoms with Crippen LogP contribution in [0.25, 0.3) is 0 Å². The number of nitrogens with two attached hydrogens (primary N) is 2. The fraction of sp³-hybridized carbons (Fsp3) is 0.333. The average Bonchev–Trinajstić information content (AvgIpc) is 3.18. The zero-order valence-electron chi connectivity index (χ0n) is 11.6. The minimum absolute atomic E-state index is 0.119. The van der Waals surface area contributed by atoms with Gasteiger partial charge in [0, 0.05) is 36.6 Å². The van der Waals surface area contributed by atoms with Gasteiger partial charge in [0.05, 0.1) is 24.7 Å². The largest absolute Gasteiger partial charge is 0.348 e. The second-order valence-corrected chi connectivity index (χ2v) is 6.02. The molecule has 22 heavy (non-hydrogen) atoms. The van der Waals surface area contributed by atoms with Gasteiger partial charge >= 0.3 is 0 Å². The van der Waals surface area contributed by atoms with Crippen molar-refractivity contribution >= 4 is 21.0 Å². The summed E-state index contributed by atoms with van der Waals surface area (Å²) in [4.78, 5) is 37.1. The zero-order valence-corrected chi connectivity index (χ0v) is 12.4. The molecule has 0 aromatic carbocycles. The highest BCUT2D eigenvalue weighted by molar-refractivity contribution is 8.13. The number of hydrogen-bond donors (Lipinski definition) is 4. The van der Waals surface area contributed by atoms with Gasteiger partial charge < -0.3 is 21.4 Å². The van der Waals surface area contributed by atoms with E-state index in [2.05, 4.69) is 19.9 Å². The van der Waals surface area contributed by atoms with Crippen LogP contribution in [0.15, 0.2) is 25.0 Å². The highest BCUT2D eigenvalue weighted by atomic mass is 32.2. The number of H-pyrrole nitrogens is 2. The summed E-state index contributed by atoms with van der Waals surface area (Å²) >= 11 is 0. The van der Waals surface area contributed by atoms with E-state index in [0.29, 0.717) is 11.4 Å². The molecule has 0 amide bonds. The minimum Gasteiger partial charge on any atom is -0.348 e. The zero-order chi connectivity index (χ0) is 16.1. The molecule has 6 N–H and O–H groups in total. The number of hydrogen-bond acceptors (Lipinski definition) is 7. The lowest BCUT2D eigenvalue weighted by Crippen LogP contribution is -2.43. The molecule has 0 saturated carbocycles. The Morgan fingerprint density at radius 1 is 1.00 bits per heavy atom. The predicted molar refractivity (Wildman–Crippen MR) is 78.7 cm³/mol. The topological polar surface area (TPSA) is 161 Å². The number of aromatic amines is 2. The number of nitrogens with zero attached hydrogens (tertiary/aromatic N) is 2. The molecule has 2 heterocycles. The maximum atomic E-state index is 12.0. The quantitative estimate of drug-likeness (QED) is 0.496. The van der Waals surface area contributed by atoms with Crippen molar-refractivity contribution in [3.05, 3.63) is 36.4 Å². The molecular formula is C12H16N6O3S. The van der Waals surface area contributed by atoms with Crippen LogP contribution in [0.5, 0.6) is 0 Å². The van der Waals surface area contributed by atoms with E-state index in [9.17, 15) is 13.8 Å². The second-order valence-electron chi connectivity index (χ2n) is 4.68. The highest BCUT2D eigenvalue weighted by Gasteiger charge is 2.30. The number of imidazole rings is 2. The van der Waals surface area contributed by atoms with Crippen LogP contribution in [0.4, 0.5) is 0 Å². The SMILES string of the molecule is N[C@@H](Cc1cnc[nH]1)C(=O)S(=O)C(=O)[C@@H](N)Cc1cnc[nH]1. The van der Waals surface area contributed by atoms with E-state index >= 15 is 0 Å². The minimum atomic E-state index is -2.39. The number of aromatic nitrogens is 4. The maximum Gasteiger partial charge on any atom is 0.243 e. The van der Waals surface area contributed by atoms with Crippen molar-refractivity contribution in [2.75, 3.05) is 0 Å². The third-order valence-corrected chi connectivity index (χ3v) is 4.30. The Kier molecular flexibility index (Phi) is 5.31. The summed E-state index contributed by atoms with van der Waals surface area (Å²) in [5.74, 6) is 0. The fourth-order valence-corrected chi connectivity index (χ4v) is 2.72. The Morgan fingerprint density at radius 2 is 1.41 bits per heavy atom. The summed E-state index contributed by atoms with van der Waals surface area (Å²) in [5.41, 5.74) is 12.6. The van der Waals surface area contributed by atoms with Crippen molar-refractivity contribution in [3.63, 3.8) is 0 Å². The molecule has 0 spiro atoms. The molecule has 2 rings (SSSR count). The van der Waals surface area contributed by atoms with E-state index in [-0.39, 0.29) is 12.8 Å². The number of carbonyl (C=O) groups excluding carboxylic acids is 2. The molecule has 118 valence electrons. The van der Waals surface area contributed by atoms with Gasteiger partial charge in [-0.05, 0) is 0 Å². The molecule has 0 unspecified atom stereocenters. The van der Waals surface area contributed by atoms with Crippen molar-refractivity contribution < 1.29 is 13.8 Å². The molecule has 0 radical (unpaired) electrons. The average molecular weight is 324 g/mol. The van der Waals surface area contributed by atoms with E-state index in [4.69, 9.17) is 11.5 Å². The third kappa shape index (κ3) is 3.93. The van der Waals surface area contributed by atoms with Crippen LogP contribution in [-0.4, -0.2) is 46.5 Å². The van der Waals surface area contributed by atoms with Gasteiger partial charge in [-0.1, -0.05) is 0 Å². The fourth-order valence-electron chi connectivity index (χ4n) is 1.81. The van der Waals surface area contributed by atoms with Gasteiger partial charge in [-0.25, -0.2) is 14.2 Å². The first-order chi connectivity index (χ1) is 10.5. The molecule has 2 aromatic heterocycles. The van der Waals surface area contributed by atoms with E-state index in [1.165, 1.54) is 25.0 Å². The molecule has 0 aliphatic carbocycles. The molecule has 0 aliphatic heterocycles. The lowest BCUT2D eigenvalue weighted by atomic mass is 10.2. The summed E-state index contributed by atoms with van der Waals surface area (Å²) in [7, 11) is -2.39. The smallest absolute Gasteiger partial charge is 0.243 e. The molecule has 0 saturated heterocycles. The third-order valence-electron chi connectivity index (χ3n) is 2.96. The van der Waals surface area contributed by atoms with Crippen molar-refractivity contribution in [1.82, 2.24) is 19.9 Å². The van der Waals surface area contributed by atoms with Crippen LogP contribution in [0.3, 0.4) is 0 Å². The Morgan fingerprint density at radius 3 is 1.73 bits per heavy atom. The summed E-state index contributed by atoms with van der Waals surface area (Å²) < 4.78 is 12.0. The lowest BCUT2D eigenvalue weighted by molar-refractivity contribution is -0.115. The van der Waals surface area contributed by atoms with E-state index in [1.54, 1.807) is 0 Å². The first-order valence-corrected chi connectivity index (χ1v) is 7.59. The first-order valence-electron chi connectivity index (χ1n) is 6.44. The lowest BCUT2D eigenvalue weighted by Gasteiger charge is -2.11. The van der Waals surface area contributed by atoms with E-state index in [1.807, 2.05) is 0 Å². The van der Waals surface area contributed by atoms with Gasteiger partial charge in [-0.15, -0.1) is 0 Å². The normalized spacial score (nSPS) is 14.0. The van der Waals surface area contributed by atoms with Crippen molar-refractivity contribution in [2.45, 2.75) is 24.9 Å². The Labute approximate surface area is 128 Å². The van der Waals surface area contributed by atoms with Crippen LogP contribution in [0, 0.1) is 0 Å². The standard InChI is InChI=1S/C12H16N6O3S/c13-9(1-7-3-15-5-17-7)11(19)22(21)12(20)10(14)2-8-4-16-6-18-8/h3-6,9-10H,1-2,13-14H2,(H,15,17)(H,16,18)/t9-,10-/m0/s1. The molecule has 0 aliphatic rings. The summed E-state index contributed by atoms with van der Waals surface area (Å²) in [6.07, 6.45) is 6.12. The van der Waals surface area contributed by atoms with E-state index in [0.717, 1.165) is 0 Å². The van der Waals surface area contributed by atoms with Crippen molar-refractivity contribution in [2.24, 2.45) is 11.5 Å². The van der Waals surface area contributed by atoms with Gasteiger partial charge in [0.2, 0.25) is 10.2 Å². The number of carbonyl (C=O) groups is 2. The predicted octanol–water partition coefficient (Wildman–Crippen LogP) is -1.63. The highest BCUT2D eigenvalue weighted by Crippen LogP contribution is 2.04. The first kappa shape index (κ1) is 16.2.